The lowest BCUT2D eigenvalue weighted by Gasteiger charge is -2.08. The maximum Gasteiger partial charge on any atom is 0.339 e. The minimum Gasteiger partial charge on any atom is -0.497 e. The molecule has 0 heterocycles. The van der Waals surface area contributed by atoms with Crippen LogP contribution in [0.5, 0.6) is 5.75 Å². The predicted octanol–water partition coefficient (Wildman–Crippen LogP) is 3.11. The number of hydrogen-bond donors (Lipinski definition) is 1. The molecule has 0 spiro atoms. The van der Waals surface area contributed by atoms with Gasteiger partial charge in [0.1, 0.15) is 11.6 Å². The van der Waals surface area contributed by atoms with Crippen molar-refractivity contribution in [2.24, 2.45) is 0 Å². The van der Waals surface area contributed by atoms with Crippen molar-refractivity contribution in [3.8, 4) is 5.75 Å². The maximum absolute atomic E-state index is 13.2. The van der Waals surface area contributed by atoms with Crippen molar-refractivity contribution in [2.45, 2.75) is 6.42 Å². The quantitative estimate of drug-likeness (QED) is 0.713. The molecule has 0 fully saturated rings. The first-order valence-electron chi connectivity index (χ1n) is 7.51. The molecule has 0 aliphatic heterocycles. The predicted molar refractivity (Wildman–Crippen MR) is 94.1 cm³/mol. The van der Waals surface area contributed by atoms with E-state index in [4.69, 9.17) is 9.47 Å². The normalized spacial score (nSPS) is 10.2. The van der Waals surface area contributed by atoms with Gasteiger partial charge < -0.3 is 14.8 Å². The molecule has 0 aromatic heterocycles. The molecule has 5 nitrogen and oxygen atoms in total. The topological polar surface area (TPSA) is 64.6 Å². The molecule has 0 aliphatic rings. The van der Waals surface area contributed by atoms with E-state index in [0.717, 1.165) is 17.4 Å². The highest BCUT2D eigenvalue weighted by atomic mass is 79.9. The van der Waals surface area contributed by atoms with Crippen LogP contribution in [0.1, 0.15) is 15.9 Å². The lowest BCUT2D eigenvalue weighted by atomic mass is 10.1. The van der Waals surface area contributed by atoms with E-state index in [1.807, 2.05) is 24.3 Å². The third kappa shape index (κ3) is 5.86. The number of amides is 1. The average molecular weight is 410 g/mol. The van der Waals surface area contributed by atoms with E-state index >= 15 is 0 Å². The summed E-state index contributed by atoms with van der Waals surface area (Å²) in [5.41, 5.74) is 1.08. The summed E-state index contributed by atoms with van der Waals surface area (Å²) in [4.78, 5) is 23.6. The van der Waals surface area contributed by atoms with Crippen molar-refractivity contribution in [3.05, 3.63) is 63.9 Å². The first kappa shape index (κ1) is 18.9. The van der Waals surface area contributed by atoms with Gasteiger partial charge in [-0.1, -0.05) is 12.1 Å². The van der Waals surface area contributed by atoms with Crippen molar-refractivity contribution in [3.63, 3.8) is 0 Å². The Morgan fingerprint density at radius 3 is 2.56 bits per heavy atom. The van der Waals surface area contributed by atoms with E-state index in [9.17, 15) is 14.0 Å². The molecular formula is C18H17BrFNO4. The van der Waals surface area contributed by atoms with E-state index in [0.29, 0.717) is 17.4 Å². The van der Waals surface area contributed by atoms with Gasteiger partial charge in [-0.2, -0.15) is 0 Å². The number of ether oxygens (including phenoxy) is 2. The largest absolute Gasteiger partial charge is 0.497 e. The van der Waals surface area contributed by atoms with Crippen LogP contribution in [-0.4, -0.2) is 32.1 Å². The highest BCUT2D eigenvalue weighted by molar-refractivity contribution is 9.10. The molecule has 1 N–H and O–H groups in total. The smallest absolute Gasteiger partial charge is 0.339 e. The van der Waals surface area contributed by atoms with E-state index in [1.54, 1.807) is 7.11 Å². The second-order valence-corrected chi connectivity index (χ2v) is 6.00. The van der Waals surface area contributed by atoms with Crippen LogP contribution in [0.25, 0.3) is 0 Å². The Morgan fingerprint density at radius 1 is 1.16 bits per heavy atom. The lowest BCUT2D eigenvalue weighted by Crippen LogP contribution is -2.30. The Kier molecular flexibility index (Phi) is 6.94. The van der Waals surface area contributed by atoms with Crippen molar-refractivity contribution >= 4 is 27.8 Å². The van der Waals surface area contributed by atoms with Crippen LogP contribution in [0.3, 0.4) is 0 Å². The molecule has 2 aromatic carbocycles. The molecule has 0 radical (unpaired) electrons. The number of rotatable bonds is 7. The van der Waals surface area contributed by atoms with Crippen LogP contribution in [-0.2, 0) is 16.0 Å². The van der Waals surface area contributed by atoms with Gasteiger partial charge in [0.25, 0.3) is 5.91 Å². The molecule has 2 rings (SSSR count). The fraction of sp³-hybridized carbons (Fsp3) is 0.222. The average Bonchev–Trinajstić information content (AvgIpc) is 2.62. The van der Waals surface area contributed by atoms with Crippen LogP contribution in [0.4, 0.5) is 4.39 Å². The van der Waals surface area contributed by atoms with Gasteiger partial charge in [-0.25, -0.2) is 9.18 Å². The Hall–Kier alpha value is -2.41. The van der Waals surface area contributed by atoms with Crippen molar-refractivity contribution < 1.29 is 23.5 Å². The molecule has 1 amide bonds. The monoisotopic (exact) mass is 409 g/mol. The summed E-state index contributed by atoms with van der Waals surface area (Å²) >= 11 is 3.14. The number of nitrogens with one attached hydrogen (secondary N) is 1. The number of esters is 1. The van der Waals surface area contributed by atoms with Gasteiger partial charge in [-0.05, 0) is 58.2 Å². The molecule has 0 atom stereocenters. The standard InChI is InChI=1S/C18H17BrFNO4/c1-24-14-5-2-12(3-6-14)8-9-21-17(22)11-25-18(23)15-10-13(20)4-7-16(15)19/h2-7,10H,8-9,11H2,1H3,(H,21,22). The van der Waals surface area contributed by atoms with Gasteiger partial charge in [0.05, 0.1) is 12.7 Å². The number of halogens is 2. The van der Waals surface area contributed by atoms with Gasteiger partial charge in [0, 0.05) is 11.0 Å². The number of methoxy groups -OCH3 is 1. The van der Waals surface area contributed by atoms with E-state index in [2.05, 4.69) is 21.2 Å². The van der Waals surface area contributed by atoms with Crippen LogP contribution in [0.2, 0.25) is 0 Å². The molecule has 25 heavy (non-hydrogen) atoms. The summed E-state index contributed by atoms with van der Waals surface area (Å²) in [6.07, 6.45) is 0.638. The molecule has 0 saturated heterocycles. The summed E-state index contributed by atoms with van der Waals surface area (Å²) in [6, 6.07) is 11.2. The zero-order chi connectivity index (χ0) is 18.2. The summed E-state index contributed by atoms with van der Waals surface area (Å²) in [5.74, 6) is -0.978. The Balaban J connectivity index is 1.74. The maximum atomic E-state index is 13.2. The lowest BCUT2D eigenvalue weighted by molar-refractivity contribution is -0.124. The SMILES string of the molecule is COc1ccc(CCNC(=O)COC(=O)c2cc(F)ccc2Br)cc1. The number of hydrogen-bond acceptors (Lipinski definition) is 4. The van der Waals surface area contributed by atoms with Gasteiger partial charge in [0.15, 0.2) is 6.61 Å². The first-order valence-corrected chi connectivity index (χ1v) is 8.30. The molecule has 0 bridgehead atoms. The Morgan fingerprint density at radius 2 is 1.88 bits per heavy atom. The van der Waals surface area contributed by atoms with Crippen LogP contribution >= 0.6 is 15.9 Å². The number of carbonyl (C=O) groups is 2. The minimum absolute atomic E-state index is 0.0334. The number of carbonyl (C=O) groups excluding carboxylic acids is 2. The number of benzene rings is 2. The third-order valence-electron chi connectivity index (χ3n) is 3.38. The fourth-order valence-corrected chi connectivity index (χ4v) is 2.46. The van der Waals surface area contributed by atoms with Crippen molar-refractivity contribution in [2.75, 3.05) is 20.3 Å². The highest BCUT2D eigenvalue weighted by Gasteiger charge is 2.14. The van der Waals surface area contributed by atoms with E-state index in [1.165, 1.54) is 12.1 Å². The van der Waals surface area contributed by atoms with Crippen molar-refractivity contribution in [1.29, 1.82) is 0 Å². The molecular weight excluding hydrogens is 393 g/mol. The van der Waals surface area contributed by atoms with Crippen LogP contribution in [0.15, 0.2) is 46.9 Å². The highest BCUT2D eigenvalue weighted by Crippen LogP contribution is 2.18. The summed E-state index contributed by atoms with van der Waals surface area (Å²) < 4.78 is 23.5. The van der Waals surface area contributed by atoms with Crippen LogP contribution in [0, 0.1) is 5.82 Å². The molecule has 2 aromatic rings. The molecule has 7 heteroatoms. The zero-order valence-electron chi connectivity index (χ0n) is 13.6. The Labute approximate surface area is 153 Å². The van der Waals surface area contributed by atoms with Crippen LogP contribution < -0.4 is 10.1 Å². The molecule has 0 unspecified atom stereocenters. The second kappa shape index (κ2) is 9.17. The van der Waals surface area contributed by atoms with Gasteiger partial charge >= 0.3 is 5.97 Å². The molecule has 0 aliphatic carbocycles. The zero-order valence-corrected chi connectivity index (χ0v) is 15.1. The fourth-order valence-electron chi connectivity index (χ4n) is 2.05. The van der Waals surface area contributed by atoms with Gasteiger partial charge in [0.2, 0.25) is 0 Å². The van der Waals surface area contributed by atoms with Crippen molar-refractivity contribution in [1.82, 2.24) is 5.32 Å². The third-order valence-corrected chi connectivity index (χ3v) is 4.07. The molecule has 0 saturated carbocycles. The van der Waals surface area contributed by atoms with Gasteiger partial charge in [-0.3, -0.25) is 4.79 Å². The summed E-state index contributed by atoms with van der Waals surface area (Å²) in [6.45, 7) is -0.0171. The Bertz CT molecular complexity index is 749. The van der Waals surface area contributed by atoms with E-state index in [-0.39, 0.29) is 5.56 Å². The summed E-state index contributed by atoms with van der Waals surface area (Å²) in [7, 11) is 1.60. The molecule has 132 valence electrons. The second-order valence-electron chi connectivity index (χ2n) is 5.15. The minimum atomic E-state index is -0.767. The van der Waals surface area contributed by atoms with E-state index < -0.39 is 24.3 Å². The van der Waals surface area contributed by atoms with Gasteiger partial charge in [-0.15, -0.1) is 0 Å². The first-order chi connectivity index (χ1) is 12.0. The summed E-state index contributed by atoms with van der Waals surface area (Å²) in [5, 5.41) is 2.66.